The molecule has 2 unspecified atom stereocenters. The van der Waals surface area contributed by atoms with E-state index < -0.39 is 17.7 Å². The molecule has 0 saturated heterocycles. The third-order valence-corrected chi connectivity index (χ3v) is 6.52. The molecule has 1 aliphatic heterocycles. The molecular formula is C27H27ClFNO4. The number of hydrogen-bond acceptors (Lipinski definition) is 5. The average molecular weight is 484 g/mol. The zero-order valence-electron chi connectivity index (χ0n) is 19.2. The Bertz CT molecular complexity index is 1160. The van der Waals surface area contributed by atoms with E-state index >= 15 is 0 Å². The second-order valence-corrected chi connectivity index (χ2v) is 8.86. The Hall–Kier alpha value is -2.96. The number of esters is 1. The molecule has 4 rings (SSSR count). The molecule has 34 heavy (non-hydrogen) atoms. The second-order valence-electron chi connectivity index (χ2n) is 8.42. The molecule has 2 aromatic rings. The van der Waals surface area contributed by atoms with E-state index in [1.54, 1.807) is 25.1 Å². The van der Waals surface area contributed by atoms with Gasteiger partial charge >= 0.3 is 5.97 Å². The number of rotatable bonds is 7. The monoisotopic (exact) mass is 483 g/mol. The minimum absolute atomic E-state index is 0.0372. The minimum Gasteiger partial charge on any atom is -0.460 e. The van der Waals surface area contributed by atoms with Gasteiger partial charge in [-0.3, -0.25) is 4.79 Å². The van der Waals surface area contributed by atoms with Crippen molar-refractivity contribution in [2.45, 2.75) is 38.5 Å². The summed E-state index contributed by atoms with van der Waals surface area (Å²) in [6.45, 7) is 4.47. The largest absolute Gasteiger partial charge is 0.460 e. The average Bonchev–Trinajstić information content (AvgIpc) is 2.81. The van der Waals surface area contributed by atoms with Crippen molar-refractivity contribution in [2.75, 3.05) is 19.8 Å². The van der Waals surface area contributed by atoms with E-state index in [2.05, 4.69) is 5.32 Å². The fourth-order valence-corrected chi connectivity index (χ4v) is 4.84. The first kappa shape index (κ1) is 24.2. The smallest absolute Gasteiger partial charge is 0.336 e. The van der Waals surface area contributed by atoms with Crippen LogP contribution in [0.3, 0.4) is 0 Å². The number of Topliss-reactive ketones (excluding diaryl/α,β-unsaturated/α-hetero) is 1. The summed E-state index contributed by atoms with van der Waals surface area (Å²) in [6.07, 6.45) is 0.830. The highest BCUT2D eigenvalue weighted by molar-refractivity contribution is 6.30. The van der Waals surface area contributed by atoms with E-state index in [-0.39, 0.29) is 42.5 Å². The first-order valence-corrected chi connectivity index (χ1v) is 11.8. The zero-order chi connectivity index (χ0) is 24.2. The zero-order valence-corrected chi connectivity index (χ0v) is 20.0. The predicted octanol–water partition coefficient (Wildman–Crippen LogP) is 5.42. The second kappa shape index (κ2) is 10.5. The van der Waals surface area contributed by atoms with Gasteiger partial charge in [0.1, 0.15) is 12.4 Å². The van der Waals surface area contributed by atoms with Gasteiger partial charge in [0.2, 0.25) is 0 Å². The number of carbonyl (C=O) groups is 2. The maximum Gasteiger partial charge on any atom is 0.336 e. The standard InChI is InChI=1S/C27H27ClFNO4/c1-3-33-12-13-34-27(32)24-16(2)30-22-14-18(17-8-10-19(28)11-9-17)15-23(31)26(22)25(24)20-6-4-5-7-21(20)29/h4-11,18,25,30H,3,12-15H2,1-2H3. The molecule has 2 aliphatic rings. The van der Waals surface area contributed by atoms with Crippen molar-refractivity contribution >= 4 is 23.4 Å². The van der Waals surface area contributed by atoms with Crippen LogP contribution in [0.15, 0.2) is 71.1 Å². The number of benzene rings is 2. The molecule has 0 aromatic heterocycles. The molecule has 0 spiro atoms. The first-order valence-electron chi connectivity index (χ1n) is 11.4. The lowest BCUT2D eigenvalue weighted by atomic mass is 9.71. The van der Waals surface area contributed by atoms with Gasteiger partial charge in [0.25, 0.3) is 0 Å². The molecule has 178 valence electrons. The van der Waals surface area contributed by atoms with Crippen LogP contribution in [0.2, 0.25) is 5.02 Å². The summed E-state index contributed by atoms with van der Waals surface area (Å²) in [5, 5.41) is 3.90. The van der Waals surface area contributed by atoms with Crippen molar-refractivity contribution in [3.8, 4) is 0 Å². The van der Waals surface area contributed by atoms with Crippen molar-refractivity contribution in [2.24, 2.45) is 0 Å². The lowest BCUT2D eigenvalue weighted by Crippen LogP contribution is -2.36. The summed E-state index contributed by atoms with van der Waals surface area (Å²) in [5.41, 5.74) is 3.24. The highest BCUT2D eigenvalue weighted by atomic mass is 35.5. The summed E-state index contributed by atoms with van der Waals surface area (Å²) in [6, 6.07) is 13.7. The summed E-state index contributed by atoms with van der Waals surface area (Å²) in [7, 11) is 0. The fraction of sp³-hybridized carbons (Fsp3) is 0.333. The van der Waals surface area contributed by atoms with Crippen molar-refractivity contribution in [1.29, 1.82) is 0 Å². The van der Waals surface area contributed by atoms with E-state index in [9.17, 15) is 14.0 Å². The highest BCUT2D eigenvalue weighted by Crippen LogP contribution is 2.46. The number of dihydropyridines is 1. The maximum absolute atomic E-state index is 15.0. The van der Waals surface area contributed by atoms with Crippen molar-refractivity contribution in [3.05, 3.63) is 93.0 Å². The molecule has 7 heteroatoms. The van der Waals surface area contributed by atoms with Gasteiger partial charge in [0, 0.05) is 40.6 Å². The van der Waals surface area contributed by atoms with Gasteiger partial charge in [0.05, 0.1) is 18.1 Å². The van der Waals surface area contributed by atoms with Crippen LogP contribution in [0.4, 0.5) is 4.39 Å². The molecule has 1 heterocycles. The van der Waals surface area contributed by atoms with Gasteiger partial charge in [-0.25, -0.2) is 9.18 Å². The fourth-order valence-electron chi connectivity index (χ4n) is 4.72. The minimum atomic E-state index is -0.837. The number of allylic oxidation sites excluding steroid dienone is 3. The third kappa shape index (κ3) is 4.93. The van der Waals surface area contributed by atoms with Gasteiger partial charge in [-0.15, -0.1) is 0 Å². The van der Waals surface area contributed by atoms with Crippen molar-refractivity contribution in [3.63, 3.8) is 0 Å². The molecule has 1 aliphatic carbocycles. The van der Waals surface area contributed by atoms with Gasteiger partial charge in [-0.2, -0.15) is 0 Å². The van der Waals surface area contributed by atoms with Gasteiger partial charge in [0.15, 0.2) is 5.78 Å². The molecule has 0 fully saturated rings. The molecular weight excluding hydrogens is 457 g/mol. The Labute approximate surface area is 203 Å². The first-order chi connectivity index (χ1) is 16.4. The van der Waals surface area contributed by atoms with Gasteiger partial charge < -0.3 is 14.8 Å². The topological polar surface area (TPSA) is 64.6 Å². The molecule has 0 radical (unpaired) electrons. The molecule has 0 amide bonds. The summed E-state index contributed by atoms with van der Waals surface area (Å²) in [4.78, 5) is 26.6. The molecule has 1 N–H and O–H groups in total. The molecule has 0 saturated carbocycles. The van der Waals surface area contributed by atoms with Gasteiger partial charge in [-0.05, 0) is 49.9 Å². The van der Waals surface area contributed by atoms with Crippen LogP contribution in [0.5, 0.6) is 0 Å². The molecule has 2 atom stereocenters. The summed E-state index contributed by atoms with van der Waals surface area (Å²) in [5.74, 6) is -2.05. The SMILES string of the molecule is CCOCCOC(=O)C1=C(C)NC2=C(C(=O)CC(c3ccc(Cl)cc3)C2)C1c1ccccc1F. The Morgan fingerprint density at radius 1 is 1.12 bits per heavy atom. The van der Waals surface area contributed by atoms with E-state index in [1.807, 2.05) is 31.2 Å². The number of hydrogen-bond donors (Lipinski definition) is 1. The number of ketones is 1. The summed E-state index contributed by atoms with van der Waals surface area (Å²) < 4.78 is 25.7. The van der Waals surface area contributed by atoms with E-state index in [4.69, 9.17) is 21.1 Å². The van der Waals surface area contributed by atoms with Crippen LogP contribution in [-0.4, -0.2) is 31.6 Å². The van der Waals surface area contributed by atoms with Crippen LogP contribution in [0.1, 0.15) is 49.7 Å². The van der Waals surface area contributed by atoms with Crippen LogP contribution in [0.25, 0.3) is 0 Å². The lowest BCUT2D eigenvalue weighted by Gasteiger charge is -2.36. The Kier molecular flexibility index (Phi) is 7.49. The van der Waals surface area contributed by atoms with Crippen LogP contribution < -0.4 is 5.32 Å². The lowest BCUT2D eigenvalue weighted by molar-refractivity contribution is -0.140. The maximum atomic E-state index is 15.0. The van der Waals surface area contributed by atoms with E-state index in [0.29, 0.717) is 35.0 Å². The normalized spacial score (nSPS) is 20.2. The van der Waals surface area contributed by atoms with Crippen molar-refractivity contribution in [1.82, 2.24) is 5.32 Å². The molecule has 2 aromatic carbocycles. The van der Waals surface area contributed by atoms with Crippen molar-refractivity contribution < 1.29 is 23.5 Å². The van der Waals surface area contributed by atoms with E-state index in [1.165, 1.54) is 6.07 Å². The quantitative estimate of drug-likeness (QED) is 0.421. The predicted molar refractivity (Wildman–Crippen MR) is 128 cm³/mol. The Morgan fingerprint density at radius 2 is 1.85 bits per heavy atom. The van der Waals surface area contributed by atoms with Crippen LogP contribution in [-0.2, 0) is 19.1 Å². The highest BCUT2D eigenvalue weighted by Gasteiger charge is 2.42. The summed E-state index contributed by atoms with van der Waals surface area (Å²) >= 11 is 6.03. The van der Waals surface area contributed by atoms with E-state index in [0.717, 1.165) is 5.56 Å². The Balaban J connectivity index is 1.72. The number of halogens is 2. The number of nitrogens with one attached hydrogen (secondary N) is 1. The van der Waals surface area contributed by atoms with Gasteiger partial charge in [-0.1, -0.05) is 41.9 Å². The Morgan fingerprint density at radius 3 is 2.56 bits per heavy atom. The molecule has 0 bridgehead atoms. The molecule has 5 nitrogen and oxygen atoms in total. The number of carbonyl (C=O) groups excluding carboxylic acids is 2. The third-order valence-electron chi connectivity index (χ3n) is 6.27. The van der Waals surface area contributed by atoms with Crippen LogP contribution >= 0.6 is 11.6 Å². The van der Waals surface area contributed by atoms with Crippen LogP contribution in [0, 0.1) is 5.82 Å². The number of ether oxygens (including phenoxy) is 2.